The molecule has 1 heterocycles. The summed E-state index contributed by atoms with van der Waals surface area (Å²) in [6, 6.07) is 4.40. The molecule has 0 radical (unpaired) electrons. The van der Waals surface area contributed by atoms with Crippen LogP contribution in [0.2, 0.25) is 5.02 Å². The molecule has 0 spiro atoms. The Morgan fingerprint density at radius 1 is 1.42 bits per heavy atom. The van der Waals surface area contributed by atoms with E-state index in [2.05, 4.69) is 9.82 Å². The number of sulfonamides is 1. The Balaban J connectivity index is 2.61. The predicted molar refractivity (Wildman–Crippen MR) is 74.0 cm³/mol. The van der Waals surface area contributed by atoms with Crippen molar-refractivity contribution in [3.63, 3.8) is 0 Å². The summed E-state index contributed by atoms with van der Waals surface area (Å²) in [5.74, 6) is 0. The lowest BCUT2D eigenvalue weighted by atomic mass is 10.3. The van der Waals surface area contributed by atoms with Crippen LogP contribution in [0.15, 0.2) is 29.3 Å². The van der Waals surface area contributed by atoms with E-state index in [-0.39, 0.29) is 4.90 Å². The molecule has 0 saturated carbocycles. The van der Waals surface area contributed by atoms with Crippen molar-refractivity contribution in [3.05, 3.63) is 35.1 Å². The summed E-state index contributed by atoms with van der Waals surface area (Å²) in [5.41, 5.74) is 7.36. The molecular weight excluding hydrogens is 288 g/mol. The zero-order valence-corrected chi connectivity index (χ0v) is 12.0. The standard InChI is InChI=1S/C11H13ClN4O2S/c1-7-9(12)6-16(15-7)11-5-8(3-4-10(11)13)19(17,18)14-2/h3-6,14H,13H2,1-2H3. The van der Waals surface area contributed by atoms with Crippen LogP contribution in [0.25, 0.3) is 5.69 Å². The van der Waals surface area contributed by atoms with Gasteiger partial charge in [0.25, 0.3) is 0 Å². The van der Waals surface area contributed by atoms with Gasteiger partial charge in [0.15, 0.2) is 0 Å². The summed E-state index contributed by atoms with van der Waals surface area (Å²) in [7, 11) is -2.18. The Bertz CT molecular complexity index is 705. The van der Waals surface area contributed by atoms with Gasteiger partial charge in [0.05, 0.1) is 27.0 Å². The molecule has 0 aliphatic rings. The number of aromatic nitrogens is 2. The average Bonchev–Trinajstić information content (AvgIpc) is 2.69. The van der Waals surface area contributed by atoms with Gasteiger partial charge in [-0.05, 0) is 32.2 Å². The van der Waals surface area contributed by atoms with Crippen LogP contribution in [-0.4, -0.2) is 25.2 Å². The number of aryl methyl sites for hydroxylation is 1. The second kappa shape index (κ2) is 4.84. The molecule has 8 heteroatoms. The summed E-state index contributed by atoms with van der Waals surface area (Å²) in [5, 5.41) is 4.67. The number of nitrogen functional groups attached to an aromatic ring is 1. The van der Waals surface area contributed by atoms with Gasteiger partial charge in [-0.25, -0.2) is 17.8 Å². The van der Waals surface area contributed by atoms with Gasteiger partial charge in [0.2, 0.25) is 10.0 Å². The maximum absolute atomic E-state index is 11.8. The van der Waals surface area contributed by atoms with E-state index in [1.807, 2.05) is 0 Å². The lowest BCUT2D eigenvalue weighted by Gasteiger charge is -2.08. The van der Waals surface area contributed by atoms with Gasteiger partial charge in [0.1, 0.15) is 0 Å². The van der Waals surface area contributed by atoms with E-state index < -0.39 is 10.0 Å². The highest BCUT2D eigenvalue weighted by Gasteiger charge is 2.15. The number of benzene rings is 1. The van der Waals surface area contributed by atoms with Crippen LogP contribution in [-0.2, 0) is 10.0 Å². The normalized spacial score (nSPS) is 11.7. The number of hydrogen-bond acceptors (Lipinski definition) is 4. The first kappa shape index (κ1) is 13.9. The molecule has 2 aromatic rings. The van der Waals surface area contributed by atoms with E-state index in [1.54, 1.807) is 13.1 Å². The van der Waals surface area contributed by atoms with Crippen molar-refractivity contribution in [2.45, 2.75) is 11.8 Å². The molecule has 1 aromatic carbocycles. The van der Waals surface area contributed by atoms with Gasteiger partial charge in [0, 0.05) is 6.20 Å². The van der Waals surface area contributed by atoms with Crippen LogP contribution in [0.3, 0.4) is 0 Å². The van der Waals surface area contributed by atoms with Gasteiger partial charge in [-0.2, -0.15) is 5.10 Å². The number of anilines is 1. The van der Waals surface area contributed by atoms with Crippen molar-refractivity contribution in [1.29, 1.82) is 0 Å². The summed E-state index contributed by atoms with van der Waals surface area (Å²) in [6.45, 7) is 1.75. The van der Waals surface area contributed by atoms with Gasteiger partial charge >= 0.3 is 0 Å². The maximum Gasteiger partial charge on any atom is 0.240 e. The first-order valence-corrected chi connectivity index (χ1v) is 7.26. The monoisotopic (exact) mass is 300 g/mol. The van der Waals surface area contributed by atoms with Gasteiger partial charge in [-0.1, -0.05) is 11.6 Å². The molecule has 0 unspecified atom stereocenters. The minimum atomic E-state index is -3.53. The van der Waals surface area contributed by atoms with E-state index >= 15 is 0 Å². The molecular formula is C11H13ClN4O2S. The van der Waals surface area contributed by atoms with E-state index in [0.29, 0.717) is 22.1 Å². The summed E-state index contributed by atoms with van der Waals surface area (Å²) < 4.78 is 27.2. The summed E-state index contributed by atoms with van der Waals surface area (Å²) in [4.78, 5) is 0.114. The molecule has 0 fully saturated rings. The SMILES string of the molecule is CNS(=O)(=O)c1ccc(N)c(-n2cc(Cl)c(C)n2)c1. The molecule has 2 rings (SSSR count). The smallest absolute Gasteiger partial charge is 0.240 e. The third kappa shape index (κ3) is 2.58. The van der Waals surface area contributed by atoms with Crippen molar-refractivity contribution in [2.75, 3.05) is 12.8 Å². The van der Waals surface area contributed by atoms with Gasteiger partial charge < -0.3 is 5.73 Å². The molecule has 3 N–H and O–H groups in total. The molecule has 6 nitrogen and oxygen atoms in total. The lowest BCUT2D eigenvalue weighted by Crippen LogP contribution is -2.19. The summed E-state index contributed by atoms with van der Waals surface area (Å²) in [6.07, 6.45) is 1.58. The van der Waals surface area contributed by atoms with Crippen molar-refractivity contribution < 1.29 is 8.42 Å². The molecule has 0 aliphatic heterocycles. The molecule has 0 atom stereocenters. The van der Waals surface area contributed by atoms with Crippen LogP contribution >= 0.6 is 11.6 Å². The lowest BCUT2D eigenvalue weighted by molar-refractivity contribution is 0.588. The first-order valence-electron chi connectivity index (χ1n) is 5.40. The molecule has 1 aromatic heterocycles. The average molecular weight is 301 g/mol. The Labute approximate surface area is 116 Å². The maximum atomic E-state index is 11.8. The third-order valence-corrected chi connectivity index (χ3v) is 4.45. The summed E-state index contributed by atoms with van der Waals surface area (Å²) >= 11 is 5.93. The van der Waals surface area contributed by atoms with Crippen LogP contribution in [0, 0.1) is 6.92 Å². The van der Waals surface area contributed by atoms with E-state index in [0.717, 1.165) is 0 Å². The highest BCUT2D eigenvalue weighted by molar-refractivity contribution is 7.89. The van der Waals surface area contributed by atoms with E-state index in [1.165, 1.54) is 29.9 Å². The minimum absolute atomic E-state index is 0.114. The van der Waals surface area contributed by atoms with Gasteiger partial charge in [-0.15, -0.1) is 0 Å². The van der Waals surface area contributed by atoms with Gasteiger partial charge in [-0.3, -0.25) is 0 Å². The third-order valence-electron chi connectivity index (χ3n) is 2.67. The van der Waals surface area contributed by atoms with E-state index in [4.69, 9.17) is 17.3 Å². The quantitative estimate of drug-likeness (QED) is 0.837. The second-order valence-electron chi connectivity index (χ2n) is 3.94. The molecule has 0 saturated heterocycles. The highest BCUT2D eigenvalue weighted by Crippen LogP contribution is 2.23. The molecule has 102 valence electrons. The second-order valence-corrected chi connectivity index (χ2v) is 6.23. The Morgan fingerprint density at radius 2 is 2.11 bits per heavy atom. The topological polar surface area (TPSA) is 90.0 Å². The fourth-order valence-corrected chi connectivity index (χ4v) is 2.45. The van der Waals surface area contributed by atoms with Crippen LogP contribution in [0.4, 0.5) is 5.69 Å². The van der Waals surface area contributed by atoms with Crippen molar-refractivity contribution in [1.82, 2.24) is 14.5 Å². The number of hydrogen-bond donors (Lipinski definition) is 2. The Morgan fingerprint density at radius 3 is 2.63 bits per heavy atom. The molecule has 0 aliphatic carbocycles. The molecule has 19 heavy (non-hydrogen) atoms. The fraction of sp³-hybridized carbons (Fsp3) is 0.182. The zero-order valence-electron chi connectivity index (χ0n) is 10.4. The first-order chi connectivity index (χ1) is 8.85. The molecule has 0 bridgehead atoms. The van der Waals surface area contributed by atoms with Crippen molar-refractivity contribution >= 4 is 27.3 Å². The number of nitrogens with one attached hydrogen (secondary N) is 1. The molecule has 0 amide bonds. The number of rotatable bonds is 3. The zero-order chi connectivity index (χ0) is 14.2. The number of halogens is 1. The predicted octanol–water partition coefficient (Wildman–Crippen LogP) is 1.32. The minimum Gasteiger partial charge on any atom is -0.397 e. The van der Waals surface area contributed by atoms with Crippen LogP contribution in [0.1, 0.15) is 5.69 Å². The number of nitrogens with two attached hydrogens (primary N) is 1. The number of nitrogens with zero attached hydrogens (tertiary/aromatic N) is 2. The van der Waals surface area contributed by atoms with Crippen molar-refractivity contribution in [2.24, 2.45) is 0 Å². The Kier molecular flexibility index (Phi) is 3.53. The van der Waals surface area contributed by atoms with Crippen LogP contribution in [0.5, 0.6) is 0 Å². The Hall–Kier alpha value is -1.57. The van der Waals surface area contributed by atoms with E-state index in [9.17, 15) is 8.42 Å². The van der Waals surface area contributed by atoms with Crippen molar-refractivity contribution in [3.8, 4) is 5.69 Å². The largest absolute Gasteiger partial charge is 0.397 e. The van der Waals surface area contributed by atoms with Crippen LogP contribution < -0.4 is 10.5 Å². The highest BCUT2D eigenvalue weighted by atomic mass is 35.5. The fourth-order valence-electron chi connectivity index (χ4n) is 1.57.